The molecular weight excluding hydrogens is 734 g/mol. The first kappa shape index (κ1) is 56.1. The number of carbonyl (C=O) groups excluding carboxylic acids is 1. The second kappa shape index (κ2) is 41.8. The van der Waals surface area contributed by atoms with Crippen molar-refractivity contribution in [3.8, 4) is 0 Å². The van der Waals surface area contributed by atoms with Crippen LogP contribution in [-0.2, 0) is 27.9 Å². The topological polar surface area (TPSA) is 94.1 Å². The largest absolute Gasteiger partial charge is 0.756 e. The van der Waals surface area contributed by atoms with E-state index in [-0.39, 0.29) is 25.8 Å². The van der Waals surface area contributed by atoms with E-state index in [0.29, 0.717) is 17.4 Å². The normalized spacial score (nSPS) is 13.6. The maximum Gasteiger partial charge on any atom is 0.306 e. The number of likely N-dealkylation sites (N-methyl/N-ethyl adjacent to an activating group) is 1. The summed E-state index contributed by atoms with van der Waals surface area (Å²) in [5.41, 5.74) is 0. The van der Waals surface area contributed by atoms with Gasteiger partial charge in [-0.05, 0) is 25.3 Å². The summed E-state index contributed by atoms with van der Waals surface area (Å²) in [6, 6.07) is 0. The molecule has 0 N–H and O–H groups in total. The van der Waals surface area contributed by atoms with Crippen molar-refractivity contribution >= 4 is 13.8 Å². The van der Waals surface area contributed by atoms with Crippen LogP contribution in [0.25, 0.3) is 0 Å². The highest BCUT2D eigenvalue weighted by molar-refractivity contribution is 7.45. The molecule has 8 nitrogen and oxygen atoms in total. The molecule has 340 valence electrons. The van der Waals surface area contributed by atoms with E-state index in [1.165, 1.54) is 186 Å². The SMILES string of the molecule is CCCCCCCCCCCCCCCCCC/C=C\OC[C@H](COP(=O)([O-])OCC[N+](C)(C)C)OC(=O)CCCCCCCCCCCCCCCCCCC. The summed E-state index contributed by atoms with van der Waals surface area (Å²) in [4.78, 5) is 25.1. The van der Waals surface area contributed by atoms with E-state index in [4.69, 9.17) is 18.5 Å². The number of hydrogen-bond donors (Lipinski definition) is 0. The van der Waals surface area contributed by atoms with Crippen LogP contribution >= 0.6 is 7.82 Å². The van der Waals surface area contributed by atoms with Gasteiger partial charge in [0.2, 0.25) is 0 Å². The van der Waals surface area contributed by atoms with Gasteiger partial charge in [0, 0.05) is 6.42 Å². The highest BCUT2D eigenvalue weighted by atomic mass is 31.2. The first-order chi connectivity index (χ1) is 27.6. The fraction of sp³-hybridized carbons (Fsp3) is 0.938. The van der Waals surface area contributed by atoms with E-state index in [2.05, 4.69) is 13.8 Å². The molecule has 0 saturated carbocycles. The third-order valence-corrected chi connectivity index (χ3v) is 11.9. The molecule has 0 aromatic rings. The highest BCUT2D eigenvalue weighted by Gasteiger charge is 2.20. The number of quaternary nitrogens is 1. The molecular formula is C48H96NO7P. The monoisotopic (exact) mass is 830 g/mol. The van der Waals surface area contributed by atoms with Gasteiger partial charge in [-0.25, -0.2) is 0 Å². The highest BCUT2D eigenvalue weighted by Crippen LogP contribution is 2.38. The lowest BCUT2D eigenvalue weighted by molar-refractivity contribution is -0.870. The molecule has 0 aliphatic carbocycles. The van der Waals surface area contributed by atoms with E-state index >= 15 is 0 Å². The van der Waals surface area contributed by atoms with Crippen LogP contribution in [0.4, 0.5) is 0 Å². The van der Waals surface area contributed by atoms with Crippen molar-refractivity contribution in [3.05, 3.63) is 12.3 Å². The molecule has 0 saturated heterocycles. The Hall–Kier alpha value is -0.920. The molecule has 0 spiro atoms. The first-order valence-electron chi connectivity index (χ1n) is 24.5. The van der Waals surface area contributed by atoms with Crippen molar-refractivity contribution < 1.29 is 37.3 Å². The van der Waals surface area contributed by atoms with Crippen LogP contribution in [0.2, 0.25) is 0 Å². The number of esters is 1. The number of nitrogens with zero attached hydrogens (tertiary/aromatic N) is 1. The van der Waals surface area contributed by atoms with Gasteiger partial charge in [0.05, 0.1) is 34.0 Å². The fourth-order valence-corrected chi connectivity index (χ4v) is 7.83. The third-order valence-electron chi connectivity index (χ3n) is 10.9. The van der Waals surface area contributed by atoms with Crippen LogP contribution in [-0.4, -0.2) is 64.1 Å². The van der Waals surface area contributed by atoms with Crippen LogP contribution in [0, 0.1) is 0 Å². The molecule has 9 heteroatoms. The van der Waals surface area contributed by atoms with Crippen molar-refractivity contribution in [1.29, 1.82) is 0 Å². The van der Waals surface area contributed by atoms with Crippen molar-refractivity contribution in [2.45, 2.75) is 245 Å². The summed E-state index contributed by atoms with van der Waals surface area (Å²) >= 11 is 0. The molecule has 1 unspecified atom stereocenters. The molecule has 0 aromatic heterocycles. The number of ether oxygens (including phenoxy) is 2. The van der Waals surface area contributed by atoms with Gasteiger partial charge >= 0.3 is 5.97 Å². The predicted molar refractivity (Wildman–Crippen MR) is 240 cm³/mol. The first-order valence-corrected chi connectivity index (χ1v) is 25.9. The summed E-state index contributed by atoms with van der Waals surface area (Å²) < 4.78 is 34.4. The van der Waals surface area contributed by atoms with Gasteiger partial charge in [-0.3, -0.25) is 9.36 Å². The maximum absolute atomic E-state index is 12.7. The second-order valence-corrected chi connectivity index (χ2v) is 19.3. The Kier molecular flexibility index (Phi) is 41.1. The lowest BCUT2D eigenvalue weighted by atomic mass is 10.0. The molecule has 0 rings (SSSR count). The van der Waals surface area contributed by atoms with Gasteiger partial charge in [0.25, 0.3) is 7.82 Å². The molecule has 0 bridgehead atoms. The maximum atomic E-state index is 12.7. The fourth-order valence-electron chi connectivity index (χ4n) is 7.10. The Morgan fingerprint density at radius 1 is 0.544 bits per heavy atom. The van der Waals surface area contributed by atoms with Gasteiger partial charge in [-0.2, -0.15) is 0 Å². The molecule has 0 amide bonds. The van der Waals surface area contributed by atoms with Crippen molar-refractivity contribution in [1.82, 2.24) is 0 Å². The number of allylic oxidation sites excluding steroid dienone is 1. The number of phosphoric acid groups is 1. The molecule has 0 fully saturated rings. The van der Waals surface area contributed by atoms with E-state index in [1.807, 2.05) is 27.2 Å². The summed E-state index contributed by atoms with van der Waals surface area (Å²) in [6.07, 6.45) is 47.5. The molecule has 2 atom stereocenters. The molecule has 0 aliphatic rings. The summed E-state index contributed by atoms with van der Waals surface area (Å²) in [6.45, 7) is 4.79. The quantitative estimate of drug-likeness (QED) is 0.0198. The zero-order valence-electron chi connectivity index (χ0n) is 38.6. The minimum absolute atomic E-state index is 0.0205. The van der Waals surface area contributed by atoms with Gasteiger partial charge in [-0.1, -0.05) is 213 Å². The van der Waals surface area contributed by atoms with Crippen LogP contribution in [0.15, 0.2) is 12.3 Å². The Labute approximate surface area is 354 Å². The summed E-state index contributed by atoms with van der Waals surface area (Å²) in [5, 5.41) is 0. The molecule has 0 radical (unpaired) electrons. The number of unbranched alkanes of at least 4 members (excludes halogenated alkanes) is 32. The number of carbonyl (C=O) groups is 1. The van der Waals surface area contributed by atoms with E-state index in [9.17, 15) is 14.3 Å². The molecule has 57 heavy (non-hydrogen) atoms. The van der Waals surface area contributed by atoms with E-state index in [0.717, 1.165) is 32.1 Å². The molecule has 0 aliphatic heterocycles. The molecule has 0 aromatic carbocycles. The Morgan fingerprint density at radius 3 is 1.30 bits per heavy atom. The van der Waals surface area contributed by atoms with E-state index in [1.54, 1.807) is 6.26 Å². The number of phosphoric ester groups is 1. The van der Waals surface area contributed by atoms with Crippen molar-refractivity contribution in [3.63, 3.8) is 0 Å². The average molecular weight is 830 g/mol. The minimum Gasteiger partial charge on any atom is -0.756 e. The molecule has 0 heterocycles. The van der Waals surface area contributed by atoms with Crippen LogP contribution in [0.5, 0.6) is 0 Å². The third kappa shape index (κ3) is 46.0. The Balaban J connectivity index is 4.18. The lowest BCUT2D eigenvalue weighted by Crippen LogP contribution is -2.37. The zero-order chi connectivity index (χ0) is 42.0. The van der Waals surface area contributed by atoms with Gasteiger partial charge < -0.3 is 27.9 Å². The summed E-state index contributed by atoms with van der Waals surface area (Å²) in [5.74, 6) is -0.350. The second-order valence-electron chi connectivity index (χ2n) is 17.9. The van der Waals surface area contributed by atoms with Crippen LogP contribution in [0.3, 0.4) is 0 Å². The lowest BCUT2D eigenvalue weighted by Gasteiger charge is -2.28. The smallest absolute Gasteiger partial charge is 0.306 e. The van der Waals surface area contributed by atoms with Crippen molar-refractivity contribution in [2.75, 3.05) is 47.5 Å². The Bertz CT molecular complexity index is 925. The van der Waals surface area contributed by atoms with Gasteiger partial charge in [0.1, 0.15) is 19.8 Å². The average Bonchev–Trinajstić information content (AvgIpc) is 3.16. The predicted octanol–water partition coefficient (Wildman–Crippen LogP) is 14.3. The van der Waals surface area contributed by atoms with Crippen LogP contribution < -0.4 is 4.89 Å². The van der Waals surface area contributed by atoms with Crippen molar-refractivity contribution in [2.24, 2.45) is 0 Å². The van der Waals surface area contributed by atoms with Gasteiger partial charge in [0.15, 0.2) is 6.10 Å². The van der Waals surface area contributed by atoms with E-state index < -0.39 is 13.9 Å². The number of hydrogen-bond acceptors (Lipinski definition) is 7. The Morgan fingerprint density at radius 2 is 0.912 bits per heavy atom. The van der Waals surface area contributed by atoms with Gasteiger partial charge in [-0.15, -0.1) is 0 Å². The number of rotatable bonds is 46. The zero-order valence-corrected chi connectivity index (χ0v) is 39.5. The summed E-state index contributed by atoms with van der Waals surface area (Å²) in [7, 11) is 1.34. The van der Waals surface area contributed by atoms with Crippen LogP contribution in [0.1, 0.15) is 239 Å². The standard InChI is InChI=1S/C48H96NO7P/c1-6-8-10-12-14-16-18-20-22-24-26-28-30-32-34-36-38-40-43-53-45-47(46-55-57(51,52)54-44-42-49(3,4)5)56-48(50)41-39-37-35-33-31-29-27-25-23-21-19-17-15-13-11-9-7-2/h40,43,47H,6-39,41-42,44-46H2,1-5H3/b43-40-/t47-/m1/s1. The minimum atomic E-state index is -4.54.